The summed E-state index contributed by atoms with van der Waals surface area (Å²) in [5.41, 5.74) is 5.61. The second kappa shape index (κ2) is 6.59. The predicted octanol–water partition coefficient (Wildman–Crippen LogP) is 6.46. The molecule has 5 rings (SSSR count). The second-order valence-electron chi connectivity index (χ2n) is 6.74. The van der Waals surface area contributed by atoms with Crippen molar-refractivity contribution in [2.75, 3.05) is 5.32 Å². The SMILES string of the molecule is O=NC1CCc2cc(Nc3c(-c4ccccc4)sc4cnccc34)ccc21. The summed E-state index contributed by atoms with van der Waals surface area (Å²) in [6, 6.07) is 18.5. The van der Waals surface area contributed by atoms with Gasteiger partial charge in [0.25, 0.3) is 0 Å². The van der Waals surface area contributed by atoms with Crippen molar-refractivity contribution in [1.82, 2.24) is 4.98 Å². The van der Waals surface area contributed by atoms with Gasteiger partial charge in [0, 0.05) is 23.5 Å². The first kappa shape index (κ1) is 16.1. The van der Waals surface area contributed by atoms with Crippen LogP contribution in [0.5, 0.6) is 0 Å². The maximum absolute atomic E-state index is 11.0. The molecule has 4 aromatic rings. The van der Waals surface area contributed by atoms with Crippen LogP contribution >= 0.6 is 11.3 Å². The fourth-order valence-corrected chi connectivity index (χ4v) is 4.93. The largest absolute Gasteiger partial charge is 0.354 e. The van der Waals surface area contributed by atoms with Gasteiger partial charge in [0.1, 0.15) is 6.04 Å². The smallest absolute Gasteiger partial charge is 0.117 e. The summed E-state index contributed by atoms with van der Waals surface area (Å²) in [5, 5.41) is 8.05. The molecule has 132 valence electrons. The number of fused-ring (bicyclic) bond motifs is 2. The van der Waals surface area contributed by atoms with E-state index in [0.717, 1.165) is 34.5 Å². The molecule has 1 atom stereocenters. The third-order valence-corrected chi connectivity index (χ3v) is 6.30. The number of nitrogens with one attached hydrogen (secondary N) is 1. The Hall–Kier alpha value is -3.05. The molecular weight excluding hydrogens is 354 g/mol. The number of nitrogens with zero attached hydrogens (tertiary/aromatic N) is 2. The molecular formula is C22H17N3OS. The van der Waals surface area contributed by atoms with Gasteiger partial charge in [-0.15, -0.1) is 11.3 Å². The molecule has 0 spiro atoms. The maximum Gasteiger partial charge on any atom is 0.117 e. The topological polar surface area (TPSA) is 54.4 Å². The molecule has 27 heavy (non-hydrogen) atoms. The van der Waals surface area contributed by atoms with E-state index < -0.39 is 0 Å². The van der Waals surface area contributed by atoms with Crippen LogP contribution < -0.4 is 5.32 Å². The lowest BCUT2D eigenvalue weighted by Gasteiger charge is -2.11. The Balaban J connectivity index is 1.60. The molecule has 0 fully saturated rings. The molecule has 1 aliphatic carbocycles. The van der Waals surface area contributed by atoms with Gasteiger partial charge in [0.05, 0.1) is 15.3 Å². The minimum atomic E-state index is -0.193. The Bertz CT molecular complexity index is 1140. The van der Waals surface area contributed by atoms with Crippen LogP contribution in [0.15, 0.2) is 72.2 Å². The lowest BCUT2D eigenvalue weighted by molar-refractivity contribution is 0.710. The highest BCUT2D eigenvalue weighted by Gasteiger charge is 2.23. The highest BCUT2D eigenvalue weighted by molar-refractivity contribution is 7.23. The molecule has 1 unspecified atom stereocenters. The molecule has 0 radical (unpaired) electrons. The van der Waals surface area contributed by atoms with Crippen molar-refractivity contribution in [3.63, 3.8) is 0 Å². The number of rotatable bonds is 4. The number of aryl methyl sites for hydroxylation is 1. The molecule has 0 saturated carbocycles. The zero-order chi connectivity index (χ0) is 18.2. The van der Waals surface area contributed by atoms with Crippen molar-refractivity contribution in [3.05, 3.63) is 83.0 Å². The van der Waals surface area contributed by atoms with Crippen molar-refractivity contribution in [2.45, 2.75) is 18.9 Å². The van der Waals surface area contributed by atoms with Crippen LogP contribution in [0.3, 0.4) is 0 Å². The number of benzene rings is 2. The fourth-order valence-electron chi connectivity index (χ4n) is 3.79. The minimum Gasteiger partial charge on any atom is -0.354 e. The van der Waals surface area contributed by atoms with E-state index in [9.17, 15) is 4.91 Å². The van der Waals surface area contributed by atoms with Crippen molar-refractivity contribution in [2.24, 2.45) is 5.18 Å². The molecule has 0 bridgehead atoms. The van der Waals surface area contributed by atoms with E-state index in [4.69, 9.17) is 0 Å². The van der Waals surface area contributed by atoms with Crippen molar-refractivity contribution >= 4 is 32.8 Å². The van der Waals surface area contributed by atoms with E-state index >= 15 is 0 Å². The monoisotopic (exact) mass is 371 g/mol. The summed E-state index contributed by atoms with van der Waals surface area (Å²) in [5.74, 6) is 0. The number of thiophene rings is 1. The Morgan fingerprint density at radius 1 is 1.11 bits per heavy atom. The molecule has 0 aliphatic heterocycles. The van der Waals surface area contributed by atoms with Crippen LogP contribution in [0, 0.1) is 4.91 Å². The van der Waals surface area contributed by atoms with E-state index in [1.54, 1.807) is 11.3 Å². The number of hydrogen-bond donors (Lipinski definition) is 1. The molecule has 2 heterocycles. The molecule has 0 amide bonds. The van der Waals surface area contributed by atoms with E-state index in [-0.39, 0.29) is 6.04 Å². The maximum atomic E-state index is 11.0. The van der Waals surface area contributed by atoms with E-state index in [1.165, 1.54) is 21.4 Å². The zero-order valence-electron chi connectivity index (χ0n) is 14.6. The van der Waals surface area contributed by atoms with E-state index in [0.29, 0.717) is 0 Å². The van der Waals surface area contributed by atoms with E-state index in [1.807, 2.05) is 30.6 Å². The molecule has 4 nitrogen and oxygen atoms in total. The summed E-state index contributed by atoms with van der Waals surface area (Å²) in [6.07, 6.45) is 5.46. The molecule has 0 saturated heterocycles. The third kappa shape index (κ3) is 2.80. The molecule has 5 heteroatoms. The van der Waals surface area contributed by atoms with Crippen LogP contribution in [0.2, 0.25) is 0 Å². The van der Waals surface area contributed by atoms with Crippen molar-refractivity contribution in [1.29, 1.82) is 0 Å². The standard InChI is InChI=1S/C22H17N3OS/c26-25-19-9-6-15-12-16(7-8-17(15)19)24-21-18-10-11-23-13-20(18)27-22(21)14-4-2-1-3-5-14/h1-5,7-8,10-13,19,24H,6,9H2. The van der Waals surface area contributed by atoms with Crippen LogP contribution in [-0.4, -0.2) is 4.98 Å². The van der Waals surface area contributed by atoms with E-state index in [2.05, 4.69) is 51.9 Å². The molecule has 1 aliphatic rings. The lowest BCUT2D eigenvalue weighted by atomic mass is 10.1. The number of pyridine rings is 1. The Labute approximate surface area is 160 Å². The predicted molar refractivity (Wildman–Crippen MR) is 112 cm³/mol. The lowest BCUT2D eigenvalue weighted by Crippen LogP contribution is -1.94. The summed E-state index contributed by atoms with van der Waals surface area (Å²) < 4.78 is 1.16. The van der Waals surface area contributed by atoms with Gasteiger partial charge in [-0.05, 0) is 47.7 Å². The highest BCUT2D eigenvalue weighted by Crippen LogP contribution is 2.44. The quantitative estimate of drug-likeness (QED) is 0.419. The highest BCUT2D eigenvalue weighted by atomic mass is 32.1. The molecule has 2 aromatic heterocycles. The second-order valence-corrected chi connectivity index (χ2v) is 7.79. The van der Waals surface area contributed by atoms with Gasteiger partial charge < -0.3 is 5.32 Å². The van der Waals surface area contributed by atoms with Crippen molar-refractivity contribution in [3.8, 4) is 10.4 Å². The van der Waals surface area contributed by atoms with Crippen molar-refractivity contribution < 1.29 is 0 Å². The van der Waals surface area contributed by atoms with Gasteiger partial charge >= 0.3 is 0 Å². The number of hydrogen-bond acceptors (Lipinski definition) is 5. The first-order chi connectivity index (χ1) is 13.3. The number of anilines is 2. The van der Waals surface area contributed by atoms with Crippen LogP contribution in [0.25, 0.3) is 20.5 Å². The number of aromatic nitrogens is 1. The average molecular weight is 371 g/mol. The molecule has 2 aromatic carbocycles. The summed E-state index contributed by atoms with van der Waals surface area (Å²) >= 11 is 1.74. The summed E-state index contributed by atoms with van der Waals surface area (Å²) in [6.45, 7) is 0. The Morgan fingerprint density at radius 2 is 2.00 bits per heavy atom. The molecule has 1 N–H and O–H groups in total. The van der Waals surface area contributed by atoms with Gasteiger partial charge in [-0.3, -0.25) is 4.98 Å². The zero-order valence-corrected chi connectivity index (χ0v) is 15.4. The van der Waals surface area contributed by atoms with Gasteiger partial charge in [-0.1, -0.05) is 41.6 Å². The van der Waals surface area contributed by atoms with Gasteiger partial charge in [-0.2, -0.15) is 4.91 Å². The van der Waals surface area contributed by atoms with Crippen LogP contribution in [0.1, 0.15) is 23.6 Å². The summed E-state index contributed by atoms with van der Waals surface area (Å²) in [4.78, 5) is 16.5. The van der Waals surface area contributed by atoms with Crippen LogP contribution in [-0.2, 0) is 6.42 Å². The fraction of sp³-hybridized carbons (Fsp3) is 0.136. The minimum absolute atomic E-state index is 0.193. The average Bonchev–Trinajstić information content (AvgIpc) is 3.30. The Kier molecular flexibility index (Phi) is 3.94. The van der Waals surface area contributed by atoms with Gasteiger partial charge in [0.15, 0.2) is 0 Å². The normalized spacial score (nSPS) is 15.6. The Morgan fingerprint density at radius 3 is 2.85 bits per heavy atom. The van der Waals surface area contributed by atoms with Crippen LogP contribution in [0.4, 0.5) is 11.4 Å². The van der Waals surface area contributed by atoms with Gasteiger partial charge in [0.2, 0.25) is 0 Å². The first-order valence-corrected chi connectivity index (χ1v) is 9.79. The third-order valence-electron chi connectivity index (χ3n) is 5.11. The number of nitroso groups, excluding NO2 is 1. The first-order valence-electron chi connectivity index (χ1n) is 8.98. The van der Waals surface area contributed by atoms with Gasteiger partial charge in [-0.25, -0.2) is 0 Å². The summed E-state index contributed by atoms with van der Waals surface area (Å²) in [7, 11) is 0.